The molecule has 1 amide bonds. The van der Waals surface area contributed by atoms with Gasteiger partial charge in [-0.2, -0.15) is 5.10 Å². The van der Waals surface area contributed by atoms with Gasteiger partial charge in [0.25, 0.3) is 5.91 Å². The number of benzene rings is 2. The summed E-state index contributed by atoms with van der Waals surface area (Å²) in [6, 6.07) is 13.1. The molecule has 0 aliphatic carbocycles. The fourth-order valence-corrected chi connectivity index (χ4v) is 1.91. The molecule has 0 bridgehead atoms. The Morgan fingerprint density at radius 2 is 1.87 bits per heavy atom. The van der Waals surface area contributed by atoms with Gasteiger partial charge >= 0.3 is 5.97 Å². The average Bonchev–Trinajstić information content (AvgIpc) is 2.54. The molecule has 0 heterocycles. The summed E-state index contributed by atoms with van der Waals surface area (Å²) in [6.45, 7) is -0.262. The fraction of sp³-hybridized carbons (Fsp3) is 0.0625. The zero-order chi connectivity index (χ0) is 16.7. The molecule has 0 aliphatic rings. The van der Waals surface area contributed by atoms with Gasteiger partial charge in [-0.25, -0.2) is 10.2 Å². The number of hydrogen-bond acceptors (Lipinski definition) is 4. The molecule has 6 nitrogen and oxygen atoms in total. The lowest BCUT2D eigenvalue weighted by atomic mass is 10.1. The number of aromatic carboxylic acids is 1. The van der Waals surface area contributed by atoms with Gasteiger partial charge in [-0.1, -0.05) is 41.9 Å². The lowest BCUT2D eigenvalue weighted by Gasteiger charge is -2.06. The molecule has 118 valence electrons. The summed E-state index contributed by atoms with van der Waals surface area (Å²) in [6.07, 6.45) is 1.26. The van der Waals surface area contributed by atoms with Gasteiger partial charge in [0, 0.05) is 5.56 Å². The second kappa shape index (κ2) is 7.95. The van der Waals surface area contributed by atoms with E-state index in [9.17, 15) is 9.59 Å². The topological polar surface area (TPSA) is 88.0 Å². The highest BCUT2D eigenvalue weighted by Gasteiger charge is 2.07. The number of halogens is 1. The molecule has 2 aromatic carbocycles. The summed E-state index contributed by atoms with van der Waals surface area (Å²) in [5.41, 5.74) is 2.73. The van der Waals surface area contributed by atoms with Crippen molar-refractivity contribution in [2.24, 2.45) is 5.10 Å². The van der Waals surface area contributed by atoms with E-state index in [1.54, 1.807) is 42.5 Å². The van der Waals surface area contributed by atoms with Gasteiger partial charge in [0.05, 0.1) is 16.8 Å². The van der Waals surface area contributed by atoms with Gasteiger partial charge in [0.15, 0.2) is 6.61 Å². The predicted molar refractivity (Wildman–Crippen MR) is 86.1 cm³/mol. The Labute approximate surface area is 137 Å². The number of carbonyl (C=O) groups is 2. The number of carbonyl (C=O) groups excluding carboxylic acids is 1. The summed E-state index contributed by atoms with van der Waals surface area (Å²) in [5.74, 6) is -1.17. The molecule has 2 aromatic rings. The van der Waals surface area contributed by atoms with E-state index in [1.807, 2.05) is 0 Å². The molecule has 2 N–H and O–H groups in total. The molecule has 0 aromatic heterocycles. The molecular weight excluding hydrogens is 320 g/mol. The number of carboxylic acid groups (broad SMARTS) is 1. The largest absolute Gasteiger partial charge is 0.482 e. The van der Waals surface area contributed by atoms with Crippen molar-refractivity contribution < 1.29 is 19.4 Å². The molecule has 0 atom stereocenters. The zero-order valence-electron chi connectivity index (χ0n) is 11.9. The van der Waals surface area contributed by atoms with E-state index in [-0.39, 0.29) is 12.2 Å². The average molecular weight is 333 g/mol. The van der Waals surface area contributed by atoms with Crippen LogP contribution in [0.4, 0.5) is 0 Å². The number of hydrogen-bond donors (Lipinski definition) is 2. The molecular formula is C16H13ClN2O4. The molecule has 0 spiro atoms. The number of carboxylic acids is 1. The van der Waals surface area contributed by atoms with E-state index in [4.69, 9.17) is 21.4 Å². The van der Waals surface area contributed by atoms with Gasteiger partial charge in [-0.3, -0.25) is 4.79 Å². The smallest absolute Gasteiger partial charge is 0.336 e. The second-order valence-electron chi connectivity index (χ2n) is 4.40. The van der Waals surface area contributed by atoms with Crippen molar-refractivity contribution in [3.05, 3.63) is 64.7 Å². The first-order valence-electron chi connectivity index (χ1n) is 6.59. The lowest BCUT2D eigenvalue weighted by Crippen LogP contribution is -2.24. The monoisotopic (exact) mass is 332 g/mol. The Kier molecular flexibility index (Phi) is 5.71. The number of amides is 1. The van der Waals surface area contributed by atoms with E-state index < -0.39 is 11.9 Å². The first-order valence-corrected chi connectivity index (χ1v) is 6.97. The van der Waals surface area contributed by atoms with Crippen molar-refractivity contribution in [3.63, 3.8) is 0 Å². The van der Waals surface area contributed by atoms with Crippen molar-refractivity contribution in [1.82, 2.24) is 5.43 Å². The first-order chi connectivity index (χ1) is 11.1. The molecule has 2 rings (SSSR count). The SMILES string of the molecule is O=C(COc1ccccc1Cl)N/N=C/c1ccccc1C(=O)O. The summed E-state index contributed by atoms with van der Waals surface area (Å²) >= 11 is 5.90. The predicted octanol–water partition coefficient (Wildman–Crippen LogP) is 2.57. The molecule has 0 fully saturated rings. The standard InChI is InChI=1S/C16H13ClN2O4/c17-13-7-3-4-8-14(13)23-10-15(20)19-18-9-11-5-1-2-6-12(11)16(21)22/h1-9H,10H2,(H,19,20)(H,21,22)/b18-9+. The maximum absolute atomic E-state index is 11.6. The van der Waals surface area contributed by atoms with Crippen LogP contribution in [0.2, 0.25) is 5.02 Å². The second-order valence-corrected chi connectivity index (χ2v) is 4.81. The zero-order valence-corrected chi connectivity index (χ0v) is 12.7. The number of nitrogens with one attached hydrogen (secondary N) is 1. The van der Waals surface area contributed by atoms with Crippen LogP contribution in [-0.4, -0.2) is 29.8 Å². The van der Waals surface area contributed by atoms with Gasteiger partial charge < -0.3 is 9.84 Å². The summed E-state index contributed by atoms with van der Waals surface area (Å²) in [5, 5.41) is 13.1. The Hall–Kier alpha value is -2.86. The van der Waals surface area contributed by atoms with Crippen molar-refractivity contribution in [3.8, 4) is 5.75 Å². The quantitative estimate of drug-likeness (QED) is 0.628. The Bertz CT molecular complexity index is 746. The molecule has 0 saturated carbocycles. The van der Waals surface area contributed by atoms with Crippen LogP contribution in [0.25, 0.3) is 0 Å². The van der Waals surface area contributed by atoms with E-state index in [0.717, 1.165) is 0 Å². The number of ether oxygens (including phenoxy) is 1. The van der Waals surface area contributed by atoms with Crippen molar-refractivity contribution >= 4 is 29.7 Å². The highest BCUT2D eigenvalue weighted by Crippen LogP contribution is 2.22. The number of hydrazone groups is 1. The van der Waals surface area contributed by atoms with Crippen LogP contribution in [0, 0.1) is 0 Å². The molecule has 7 heteroatoms. The van der Waals surface area contributed by atoms with E-state index >= 15 is 0 Å². The van der Waals surface area contributed by atoms with Crippen LogP contribution < -0.4 is 10.2 Å². The summed E-state index contributed by atoms with van der Waals surface area (Å²) < 4.78 is 5.25. The minimum absolute atomic E-state index is 0.0952. The van der Waals surface area contributed by atoms with Crippen LogP contribution in [0.15, 0.2) is 53.6 Å². The third kappa shape index (κ3) is 4.82. The number of para-hydroxylation sites is 1. The Balaban J connectivity index is 1.90. The first kappa shape index (κ1) is 16.5. The Morgan fingerprint density at radius 3 is 2.61 bits per heavy atom. The number of rotatable bonds is 6. The summed E-state index contributed by atoms with van der Waals surface area (Å²) in [4.78, 5) is 22.7. The van der Waals surface area contributed by atoms with E-state index in [1.165, 1.54) is 12.3 Å². The maximum Gasteiger partial charge on any atom is 0.336 e. The third-order valence-electron chi connectivity index (χ3n) is 2.78. The van der Waals surface area contributed by atoms with Crippen LogP contribution in [0.1, 0.15) is 15.9 Å². The normalized spacial score (nSPS) is 10.5. The van der Waals surface area contributed by atoms with Crippen molar-refractivity contribution in [2.75, 3.05) is 6.61 Å². The third-order valence-corrected chi connectivity index (χ3v) is 3.09. The Morgan fingerprint density at radius 1 is 1.17 bits per heavy atom. The number of nitrogens with zero attached hydrogens (tertiary/aromatic N) is 1. The highest BCUT2D eigenvalue weighted by molar-refractivity contribution is 6.32. The molecule has 0 radical (unpaired) electrons. The molecule has 0 saturated heterocycles. The minimum atomic E-state index is -1.07. The van der Waals surface area contributed by atoms with Gasteiger partial charge in [-0.05, 0) is 18.2 Å². The molecule has 0 aliphatic heterocycles. The van der Waals surface area contributed by atoms with Crippen molar-refractivity contribution in [2.45, 2.75) is 0 Å². The van der Waals surface area contributed by atoms with E-state index in [0.29, 0.717) is 16.3 Å². The fourth-order valence-electron chi connectivity index (χ4n) is 1.72. The molecule has 0 unspecified atom stereocenters. The summed E-state index contributed by atoms with van der Waals surface area (Å²) in [7, 11) is 0. The van der Waals surface area contributed by atoms with Crippen molar-refractivity contribution in [1.29, 1.82) is 0 Å². The van der Waals surface area contributed by atoms with Gasteiger partial charge in [-0.15, -0.1) is 0 Å². The van der Waals surface area contributed by atoms with E-state index in [2.05, 4.69) is 10.5 Å². The van der Waals surface area contributed by atoms with Gasteiger partial charge in [0.2, 0.25) is 0 Å². The highest BCUT2D eigenvalue weighted by atomic mass is 35.5. The van der Waals surface area contributed by atoms with Crippen LogP contribution >= 0.6 is 11.6 Å². The van der Waals surface area contributed by atoms with Crippen LogP contribution in [0.3, 0.4) is 0 Å². The molecule has 23 heavy (non-hydrogen) atoms. The van der Waals surface area contributed by atoms with Gasteiger partial charge in [0.1, 0.15) is 5.75 Å². The lowest BCUT2D eigenvalue weighted by molar-refractivity contribution is -0.123. The van der Waals surface area contributed by atoms with Crippen LogP contribution in [0.5, 0.6) is 5.75 Å². The minimum Gasteiger partial charge on any atom is -0.482 e. The maximum atomic E-state index is 11.6. The van der Waals surface area contributed by atoms with Crippen LogP contribution in [-0.2, 0) is 4.79 Å².